The predicted molar refractivity (Wildman–Crippen MR) is 104 cm³/mol. The van der Waals surface area contributed by atoms with Crippen molar-refractivity contribution >= 4 is 29.8 Å². The van der Waals surface area contributed by atoms with Crippen molar-refractivity contribution in [3.8, 4) is 5.75 Å². The summed E-state index contributed by atoms with van der Waals surface area (Å²) in [7, 11) is 0. The molecule has 138 valence electrons. The van der Waals surface area contributed by atoms with Crippen molar-refractivity contribution in [1.29, 1.82) is 0 Å². The van der Waals surface area contributed by atoms with E-state index in [9.17, 15) is 9.90 Å². The molecule has 0 unspecified atom stereocenters. The molecule has 2 rings (SSSR count). The third-order valence-electron chi connectivity index (χ3n) is 3.14. The molecule has 2 aromatic rings. The van der Waals surface area contributed by atoms with E-state index in [1.54, 1.807) is 12.1 Å². The number of H-pyrrole nitrogens is 1. The summed E-state index contributed by atoms with van der Waals surface area (Å²) in [6.07, 6.45) is 3.80. The summed E-state index contributed by atoms with van der Waals surface area (Å²) in [4.78, 5) is 15.8. The molecule has 9 heteroatoms. The van der Waals surface area contributed by atoms with Crippen LogP contribution in [0.25, 0.3) is 0 Å². The van der Waals surface area contributed by atoms with Crippen LogP contribution in [0.15, 0.2) is 41.1 Å². The second-order valence-corrected chi connectivity index (χ2v) is 6.64. The number of amides is 1. The first-order valence-corrected chi connectivity index (χ1v) is 9.03. The van der Waals surface area contributed by atoms with Crippen LogP contribution in [-0.2, 0) is 11.2 Å². The Morgan fingerprint density at radius 2 is 2.31 bits per heavy atom. The van der Waals surface area contributed by atoms with Gasteiger partial charge in [-0.3, -0.25) is 4.79 Å². The Labute approximate surface area is 156 Å². The molecule has 0 aliphatic rings. The van der Waals surface area contributed by atoms with Gasteiger partial charge < -0.3 is 10.4 Å². The molecule has 0 bridgehead atoms. The van der Waals surface area contributed by atoms with Gasteiger partial charge in [0.2, 0.25) is 17.0 Å². The van der Waals surface area contributed by atoms with E-state index in [-0.39, 0.29) is 23.5 Å². The van der Waals surface area contributed by atoms with Gasteiger partial charge in [0.25, 0.3) is 0 Å². The lowest BCUT2D eigenvalue weighted by Gasteiger charge is -2.06. The van der Waals surface area contributed by atoms with Gasteiger partial charge in [0.15, 0.2) is 0 Å². The lowest BCUT2D eigenvalue weighted by Crippen LogP contribution is -2.31. The molecule has 1 aromatic heterocycles. The quantitative estimate of drug-likeness (QED) is 0.232. The number of anilines is 1. The number of carbonyl (C=O) groups excluding carboxylic acids is 1. The van der Waals surface area contributed by atoms with Crippen molar-refractivity contribution in [1.82, 2.24) is 20.5 Å². The molecule has 1 amide bonds. The van der Waals surface area contributed by atoms with Crippen molar-refractivity contribution < 1.29 is 9.90 Å². The summed E-state index contributed by atoms with van der Waals surface area (Å²) in [5.74, 6) is 0.679. The van der Waals surface area contributed by atoms with Crippen LogP contribution in [0.2, 0.25) is 0 Å². The first-order valence-electron chi connectivity index (χ1n) is 8.05. The molecule has 0 fully saturated rings. The molecule has 4 N–H and O–H groups in total. The number of phenolic OH excluding ortho intramolecular Hbond substituents is 1. The smallest absolute Gasteiger partial charge is 0.240 e. The van der Waals surface area contributed by atoms with E-state index in [2.05, 4.69) is 37.6 Å². The van der Waals surface area contributed by atoms with Gasteiger partial charge in [0.05, 0.1) is 12.0 Å². The van der Waals surface area contributed by atoms with Gasteiger partial charge in [-0.25, -0.2) is 10.5 Å². The van der Waals surface area contributed by atoms with Crippen molar-refractivity contribution in [3.05, 3.63) is 42.0 Å². The molecule has 8 nitrogen and oxygen atoms in total. The zero-order valence-electron chi connectivity index (χ0n) is 14.7. The Morgan fingerprint density at radius 3 is 3.04 bits per heavy atom. The van der Waals surface area contributed by atoms with Crippen LogP contribution in [0, 0.1) is 0 Å². The predicted octanol–water partition coefficient (Wildman–Crippen LogP) is 2.30. The fourth-order valence-corrected chi connectivity index (χ4v) is 2.66. The average molecular weight is 374 g/mol. The monoisotopic (exact) mass is 374 g/mol. The van der Waals surface area contributed by atoms with Crippen molar-refractivity contribution in [3.63, 3.8) is 0 Å². The van der Waals surface area contributed by atoms with E-state index >= 15 is 0 Å². The van der Waals surface area contributed by atoms with Crippen molar-refractivity contribution in [2.45, 2.75) is 31.5 Å². The number of hydrogen-bond donors (Lipinski definition) is 4. The minimum absolute atomic E-state index is 0.0720. The Hall–Kier alpha value is -2.81. The minimum Gasteiger partial charge on any atom is -0.507 e. The number of benzene rings is 1. The van der Waals surface area contributed by atoms with Crippen molar-refractivity contribution in [2.75, 3.05) is 11.2 Å². The molecule has 0 radical (unpaired) electrons. The number of allylic oxidation sites excluding steroid dienone is 1. The second kappa shape index (κ2) is 9.62. The van der Waals surface area contributed by atoms with Gasteiger partial charge in [-0.05, 0) is 31.9 Å². The summed E-state index contributed by atoms with van der Waals surface area (Å²) in [5, 5.41) is 24.1. The molecule has 0 aliphatic heterocycles. The first-order chi connectivity index (χ1) is 12.5. The van der Waals surface area contributed by atoms with Crippen LogP contribution in [0.5, 0.6) is 5.75 Å². The number of para-hydroxylation sites is 1. The normalized spacial score (nSPS) is 11.0. The molecule has 0 saturated heterocycles. The van der Waals surface area contributed by atoms with Crippen LogP contribution in [-0.4, -0.2) is 44.2 Å². The topological polar surface area (TPSA) is 115 Å². The maximum absolute atomic E-state index is 11.6. The van der Waals surface area contributed by atoms with Gasteiger partial charge in [-0.1, -0.05) is 30.0 Å². The third-order valence-corrected chi connectivity index (χ3v) is 3.98. The third kappa shape index (κ3) is 5.92. The summed E-state index contributed by atoms with van der Waals surface area (Å²) >= 11 is 1.22. The van der Waals surface area contributed by atoms with E-state index in [4.69, 9.17) is 0 Å². The summed E-state index contributed by atoms with van der Waals surface area (Å²) in [5.41, 5.74) is 4.07. The van der Waals surface area contributed by atoms with Crippen LogP contribution in [0.4, 0.5) is 5.95 Å². The second-order valence-electron chi connectivity index (χ2n) is 5.70. The fourth-order valence-electron chi connectivity index (χ4n) is 2.05. The lowest BCUT2D eigenvalue weighted by molar-refractivity contribution is -0.119. The lowest BCUT2D eigenvalue weighted by atomic mass is 10.1. The maximum Gasteiger partial charge on any atom is 0.240 e. The van der Waals surface area contributed by atoms with Crippen LogP contribution >= 0.6 is 11.8 Å². The van der Waals surface area contributed by atoms with Gasteiger partial charge in [-0.2, -0.15) is 10.1 Å². The van der Waals surface area contributed by atoms with Gasteiger partial charge >= 0.3 is 0 Å². The largest absolute Gasteiger partial charge is 0.507 e. The number of nitrogens with one attached hydrogen (secondary N) is 3. The molecule has 0 saturated carbocycles. The molecule has 0 aliphatic carbocycles. The number of aromatic nitrogens is 3. The average Bonchev–Trinajstić information content (AvgIpc) is 3.04. The standard InChI is InChI=1S/C17H22N6O2S/c1-4-6-12-7-5-8-13(15(12)25)9-18-21-16-20-17(23-22-16)26-10-14(24)19-11(2)3/h4-5,7-9,11,25H,1,6,10H2,2-3H3,(H,19,24)(H2,20,21,22,23)/b18-9+. The van der Waals surface area contributed by atoms with Gasteiger partial charge in [0.1, 0.15) is 5.75 Å². The Bertz CT molecular complexity index is 787. The number of nitrogens with zero attached hydrogens (tertiary/aromatic N) is 3. The number of aromatic hydroxyl groups is 1. The number of thioether (sulfide) groups is 1. The maximum atomic E-state index is 11.6. The number of carbonyl (C=O) groups is 1. The van der Waals surface area contributed by atoms with E-state index in [0.717, 1.165) is 5.56 Å². The van der Waals surface area contributed by atoms with Gasteiger partial charge in [0, 0.05) is 11.6 Å². The number of rotatable bonds is 9. The zero-order valence-corrected chi connectivity index (χ0v) is 15.5. The van der Waals surface area contributed by atoms with Crippen LogP contribution in [0.1, 0.15) is 25.0 Å². The van der Waals surface area contributed by atoms with Crippen LogP contribution in [0.3, 0.4) is 0 Å². The van der Waals surface area contributed by atoms with Crippen molar-refractivity contribution in [2.24, 2.45) is 5.10 Å². The zero-order chi connectivity index (χ0) is 18.9. The number of hydrogen-bond acceptors (Lipinski definition) is 7. The van der Waals surface area contributed by atoms with Gasteiger partial charge in [-0.15, -0.1) is 11.7 Å². The highest BCUT2D eigenvalue weighted by Gasteiger charge is 2.08. The molecule has 1 aromatic carbocycles. The first kappa shape index (κ1) is 19.5. The van der Waals surface area contributed by atoms with E-state index in [1.807, 2.05) is 26.0 Å². The number of phenols is 1. The minimum atomic E-state index is -0.0720. The highest BCUT2D eigenvalue weighted by molar-refractivity contribution is 7.99. The SMILES string of the molecule is C=CCc1cccc(/C=N/Nc2nc(SCC(=O)NC(C)C)n[nH]2)c1O. The summed E-state index contributed by atoms with van der Waals surface area (Å²) in [6.45, 7) is 7.47. The highest BCUT2D eigenvalue weighted by atomic mass is 32.2. The summed E-state index contributed by atoms with van der Waals surface area (Å²) in [6, 6.07) is 5.52. The Kier molecular flexibility index (Phi) is 7.22. The summed E-state index contributed by atoms with van der Waals surface area (Å²) < 4.78 is 0. The molecule has 0 atom stereocenters. The molecule has 26 heavy (non-hydrogen) atoms. The number of aromatic amines is 1. The molecule has 0 spiro atoms. The molecular formula is C17H22N6O2S. The Balaban J connectivity index is 1.89. The number of hydrazone groups is 1. The van der Waals surface area contributed by atoms with E-state index < -0.39 is 0 Å². The van der Waals surface area contributed by atoms with E-state index in [1.165, 1.54) is 18.0 Å². The molecular weight excluding hydrogens is 352 g/mol. The highest BCUT2D eigenvalue weighted by Crippen LogP contribution is 2.21. The fraction of sp³-hybridized carbons (Fsp3) is 0.294. The molecule has 1 heterocycles. The van der Waals surface area contributed by atoms with E-state index in [0.29, 0.717) is 23.1 Å². The van der Waals surface area contributed by atoms with Crippen LogP contribution < -0.4 is 10.7 Å². The Morgan fingerprint density at radius 1 is 1.50 bits per heavy atom.